The van der Waals surface area contributed by atoms with Gasteiger partial charge < -0.3 is 4.74 Å². The third-order valence-electron chi connectivity index (χ3n) is 3.46. The number of hydrogen-bond acceptors (Lipinski definition) is 1. The fraction of sp³-hybridized carbons (Fsp3) is 0.250. The van der Waals surface area contributed by atoms with Crippen molar-refractivity contribution in [2.24, 2.45) is 0 Å². The van der Waals surface area contributed by atoms with E-state index < -0.39 is 0 Å². The van der Waals surface area contributed by atoms with E-state index in [0.29, 0.717) is 5.02 Å². The minimum absolute atomic E-state index is 0.247. The zero-order valence-electron chi connectivity index (χ0n) is 10.7. The van der Waals surface area contributed by atoms with Crippen molar-refractivity contribution in [3.05, 3.63) is 62.6 Å². The van der Waals surface area contributed by atoms with Gasteiger partial charge >= 0.3 is 0 Å². The Morgan fingerprint density at radius 2 is 2.00 bits per heavy atom. The van der Waals surface area contributed by atoms with Crippen molar-refractivity contribution in [1.29, 1.82) is 0 Å². The second kappa shape index (κ2) is 5.97. The third kappa shape index (κ3) is 2.83. The number of hydrogen-bond donors (Lipinski definition) is 0. The molecule has 1 aliphatic heterocycles. The molecule has 0 fully saturated rings. The van der Waals surface area contributed by atoms with E-state index in [-0.39, 0.29) is 5.38 Å². The maximum atomic E-state index is 6.59. The number of fused-ring (bicyclic) bond motifs is 1. The van der Waals surface area contributed by atoms with Crippen molar-refractivity contribution in [1.82, 2.24) is 0 Å². The van der Waals surface area contributed by atoms with Crippen molar-refractivity contribution >= 4 is 39.1 Å². The van der Waals surface area contributed by atoms with Crippen molar-refractivity contribution in [3.8, 4) is 5.75 Å². The van der Waals surface area contributed by atoms with E-state index in [1.165, 1.54) is 5.56 Å². The van der Waals surface area contributed by atoms with Gasteiger partial charge in [0.15, 0.2) is 0 Å². The molecule has 1 unspecified atom stereocenters. The van der Waals surface area contributed by atoms with E-state index in [1.54, 1.807) is 0 Å². The predicted octanol–water partition coefficient (Wildman–Crippen LogP) is 5.76. The van der Waals surface area contributed by atoms with Crippen LogP contribution in [0.25, 0.3) is 0 Å². The first-order chi connectivity index (χ1) is 9.65. The van der Waals surface area contributed by atoms with Crippen LogP contribution in [0, 0.1) is 0 Å². The van der Waals surface area contributed by atoms with E-state index in [2.05, 4.69) is 22.0 Å². The maximum absolute atomic E-state index is 6.59. The molecule has 3 rings (SSSR count). The molecule has 1 nitrogen and oxygen atoms in total. The molecular weight excluding hydrogens is 359 g/mol. The first-order valence-electron chi connectivity index (χ1n) is 6.50. The standard InChI is InChI=1S/C16H13BrCl2O/c17-12-4-5-13(14(18)9-12)16(19)11-3-6-15-10(8-11)2-1-7-20-15/h3-6,8-9,16H,1-2,7H2. The second-order valence-electron chi connectivity index (χ2n) is 4.85. The van der Waals surface area contributed by atoms with Gasteiger partial charge in [-0.2, -0.15) is 0 Å². The van der Waals surface area contributed by atoms with Gasteiger partial charge in [0.2, 0.25) is 0 Å². The van der Waals surface area contributed by atoms with Crippen LogP contribution in [0.1, 0.15) is 28.5 Å². The van der Waals surface area contributed by atoms with Gasteiger partial charge in [0.05, 0.1) is 12.0 Å². The Kier molecular flexibility index (Phi) is 4.25. The largest absolute Gasteiger partial charge is 0.493 e. The molecule has 0 radical (unpaired) electrons. The smallest absolute Gasteiger partial charge is 0.122 e. The van der Waals surface area contributed by atoms with Gasteiger partial charge in [-0.05, 0) is 47.7 Å². The predicted molar refractivity (Wildman–Crippen MR) is 87.1 cm³/mol. The number of aryl methyl sites for hydroxylation is 1. The number of ether oxygens (including phenoxy) is 1. The Morgan fingerprint density at radius 1 is 1.15 bits per heavy atom. The lowest BCUT2D eigenvalue weighted by atomic mass is 9.98. The summed E-state index contributed by atoms with van der Waals surface area (Å²) in [5.41, 5.74) is 3.21. The highest BCUT2D eigenvalue weighted by Gasteiger charge is 2.17. The molecule has 1 aliphatic rings. The number of benzene rings is 2. The van der Waals surface area contributed by atoms with Gasteiger partial charge in [-0.25, -0.2) is 0 Å². The lowest BCUT2D eigenvalue weighted by molar-refractivity contribution is 0.288. The zero-order valence-corrected chi connectivity index (χ0v) is 13.8. The van der Waals surface area contributed by atoms with Crippen LogP contribution in [0.3, 0.4) is 0 Å². The topological polar surface area (TPSA) is 9.23 Å². The van der Waals surface area contributed by atoms with Crippen molar-refractivity contribution < 1.29 is 4.74 Å². The number of alkyl halides is 1. The summed E-state index contributed by atoms with van der Waals surface area (Å²) in [5.74, 6) is 0.978. The van der Waals surface area contributed by atoms with Crippen LogP contribution < -0.4 is 4.74 Å². The second-order valence-corrected chi connectivity index (χ2v) is 6.61. The Hall–Kier alpha value is -0.700. The molecule has 104 valence electrons. The SMILES string of the molecule is Clc1cc(Br)ccc1C(Cl)c1ccc2c(c1)CCCO2. The van der Waals surface area contributed by atoms with Gasteiger partial charge in [-0.15, -0.1) is 11.6 Å². The summed E-state index contributed by atoms with van der Waals surface area (Å²) in [7, 11) is 0. The minimum atomic E-state index is -0.247. The van der Waals surface area contributed by atoms with E-state index >= 15 is 0 Å². The molecule has 0 saturated carbocycles. The van der Waals surface area contributed by atoms with Crippen LogP contribution in [-0.4, -0.2) is 6.61 Å². The highest BCUT2D eigenvalue weighted by Crippen LogP contribution is 2.37. The molecule has 0 saturated heterocycles. The Labute approximate surface area is 137 Å². The van der Waals surface area contributed by atoms with Gasteiger partial charge in [-0.3, -0.25) is 0 Å². The van der Waals surface area contributed by atoms with Crippen LogP contribution in [-0.2, 0) is 6.42 Å². The van der Waals surface area contributed by atoms with Crippen molar-refractivity contribution in [2.75, 3.05) is 6.61 Å². The first kappa shape index (κ1) is 14.2. The molecule has 20 heavy (non-hydrogen) atoms. The summed E-state index contributed by atoms with van der Waals surface area (Å²) in [5, 5.41) is 0.427. The monoisotopic (exact) mass is 370 g/mol. The van der Waals surface area contributed by atoms with Crippen LogP contribution in [0.5, 0.6) is 5.75 Å². The molecule has 0 N–H and O–H groups in total. The van der Waals surface area contributed by atoms with E-state index in [1.807, 2.05) is 30.3 Å². The van der Waals surface area contributed by atoms with Crippen molar-refractivity contribution in [3.63, 3.8) is 0 Å². The Balaban J connectivity index is 1.95. The summed E-state index contributed by atoms with van der Waals surface area (Å²) in [4.78, 5) is 0. The number of halogens is 3. The molecule has 0 amide bonds. The molecule has 4 heteroatoms. The van der Waals surface area contributed by atoms with Crippen LogP contribution >= 0.6 is 39.1 Å². The minimum Gasteiger partial charge on any atom is -0.493 e. The van der Waals surface area contributed by atoms with E-state index in [9.17, 15) is 0 Å². The molecule has 1 heterocycles. The van der Waals surface area contributed by atoms with E-state index in [4.69, 9.17) is 27.9 Å². The van der Waals surface area contributed by atoms with Gasteiger partial charge in [0.25, 0.3) is 0 Å². The first-order valence-corrected chi connectivity index (χ1v) is 8.10. The summed E-state index contributed by atoms with van der Waals surface area (Å²) in [6.07, 6.45) is 2.10. The molecule has 2 aromatic carbocycles. The molecule has 0 aromatic heterocycles. The molecule has 1 atom stereocenters. The van der Waals surface area contributed by atoms with Gasteiger partial charge in [0, 0.05) is 9.50 Å². The van der Waals surface area contributed by atoms with Crippen molar-refractivity contribution in [2.45, 2.75) is 18.2 Å². The van der Waals surface area contributed by atoms with Crippen LogP contribution in [0.4, 0.5) is 0 Å². The van der Waals surface area contributed by atoms with Crippen LogP contribution in [0.2, 0.25) is 5.02 Å². The Morgan fingerprint density at radius 3 is 2.80 bits per heavy atom. The Bertz CT molecular complexity index is 642. The quantitative estimate of drug-likeness (QED) is 0.610. The van der Waals surface area contributed by atoms with Gasteiger partial charge in [-0.1, -0.05) is 45.7 Å². The molecule has 0 aliphatic carbocycles. The molecule has 0 spiro atoms. The fourth-order valence-corrected chi connectivity index (χ4v) is 3.59. The van der Waals surface area contributed by atoms with E-state index in [0.717, 1.165) is 40.8 Å². The highest BCUT2D eigenvalue weighted by atomic mass is 79.9. The average Bonchev–Trinajstić information content (AvgIpc) is 2.46. The highest BCUT2D eigenvalue weighted by molar-refractivity contribution is 9.10. The summed E-state index contributed by atoms with van der Waals surface area (Å²) in [6, 6.07) is 11.9. The average molecular weight is 372 g/mol. The molecular formula is C16H13BrCl2O. The lowest BCUT2D eigenvalue weighted by Gasteiger charge is -2.20. The number of rotatable bonds is 2. The normalized spacial score (nSPS) is 15.3. The summed E-state index contributed by atoms with van der Waals surface area (Å²) in [6.45, 7) is 0.801. The third-order valence-corrected chi connectivity index (χ3v) is 4.77. The fourth-order valence-electron chi connectivity index (χ4n) is 2.42. The van der Waals surface area contributed by atoms with Crippen LogP contribution in [0.15, 0.2) is 40.9 Å². The maximum Gasteiger partial charge on any atom is 0.122 e. The summed E-state index contributed by atoms with van der Waals surface area (Å²) >= 11 is 16.3. The zero-order chi connectivity index (χ0) is 14.1. The molecule has 2 aromatic rings. The summed E-state index contributed by atoms with van der Waals surface area (Å²) < 4.78 is 6.58. The lowest BCUT2D eigenvalue weighted by Crippen LogP contribution is -2.09. The molecule has 0 bridgehead atoms. The van der Waals surface area contributed by atoms with Gasteiger partial charge in [0.1, 0.15) is 5.75 Å².